The van der Waals surface area contributed by atoms with Gasteiger partial charge in [-0.05, 0) is 69.9 Å². The average Bonchev–Trinajstić information content (AvgIpc) is 2.76. The highest BCUT2D eigenvalue weighted by Gasteiger charge is 2.02. The van der Waals surface area contributed by atoms with Crippen molar-refractivity contribution in [3.05, 3.63) is 47.9 Å². The number of rotatable bonds is 18. The minimum absolute atomic E-state index is 0.232. The lowest BCUT2D eigenvalue weighted by atomic mass is 10.0. The molecule has 32 heavy (non-hydrogen) atoms. The van der Waals surface area contributed by atoms with Crippen molar-refractivity contribution >= 4 is 11.1 Å². The second-order valence-electron chi connectivity index (χ2n) is 7.99. The second-order valence-corrected chi connectivity index (χ2v) is 7.99. The summed E-state index contributed by atoms with van der Waals surface area (Å²) in [4.78, 5) is 0. The van der Waals surface area contributed by atoms with Crippen LogP contribution in [-0.2, 0) is 28.4 Å². The molecule has 0 heterocycles. The fourth-order valence-electron chi connectivity index (χ4n) is 2.62. The Morgan fingerprint density at radius 3 is 1.47 bits per heavy atom. The maximum absolute atomic E-state index is 5.62. The highest BCUT2D eigenvalue weighted by atomic mass is 16.5. The lowest BCUT2D eigenvalue weighted by Crippen LogP contribution is -2.11. The molecule has 6 nitrogen and oxygen atoms in total. The Bertz CT molecular complexity index is 613. The second kappa shape index (κ2) is 17.7. The molecule has 0 fully saturated rings. The summed E-state index contributed by atoms with van der Waals surface area (Å²) in [5, 5.41) is 0. The van der Waals surface area contributed by atoms with Crippen LogP contribution in [0.3, 0.4) is 0 Å². The van der Waals surface area contributed by atoms with Crippen LogP contribution in [0, 0.1) is 0 Å². The van der Waals surface area contributed by atoms with Crippen LogP contribution in [0.1, 0.15) is 52.7 Å². The molecule has 0 radical (unpaired) electrons. The number of benzene rings is 1. The van der Waals surface area contributed by atoms with E-state index in [-0.39, 0.29) is 12.2 Å². The molecule has 1 rings (SSSR count). The van der Waals surface area contributed by atoms with Crippen molar-refractivity contribution in [3.8, 4) is 0 Å². The van der Waals surface area contributed by atoms with Crippen LogP contribution >= 0.6 is 0 Å². The molecule has 0 saturated carbocycles. The van der Waals surface area contributed by atoms with E-state index in [1.54, 1.807) is 12.5 Å². The number of hydrogen-bond donors (Lipinski definition) is 0. The zero-order chi connectivity index (χ0) is 23.6. The summed E-state index contributed by atoms with van der Waals surface area (Å²) in [7, 11) is 0. The van der Waals surface area contributed by atoms with E-state index in [0.717, 1.165) is 22.3 Å². The van der Waals surface area contributed by atoms with Gasteiger partial charge in [0, 0.05) is 0 Å². The molecule has 1 aromatic carbocycles. The van der Waals surface area contributed by atoms with Gasteiger partial charge in [-0.15, -0.1) is 0 Å². The highest BCUT2D eigenvalue weighted by Crippen LogP contribution is 2.20. The van der Waals surface area contributed by atoms with Crippen molar-refractivity contribution < 1.29 is 28.4 Å². The van der Waals surface area contributed by atoms with Gasteiger partial charge in [-0.25, -0.2) is 0 Å². The standard InChI is InChI=1S/C26H42O6/c1-21(2)31-16-14-27-10-12-29-19-23(5)25-8-7-9-26(18-25)24(6)20-30-13-11-28-15-17-32-22(3)4/h7-9,18-22H,10-17H2,1-6H3. The maximum atomic E-state index is 5.62. The molecule has 0 aromatic heterocycles. The minimum atomic E-state index is 0.232. The molecular formula is C26H42O6. The Kier molecular flexibility index (Phi) is 15.6. The predicted molar refractivity (Wildman–Crippen MR) is 129 cm³/mol. The Morgan fingerprint density at radius 1 is 0.656 bits per heavy atom. The van der Waals surface area contributed by atoms with Crippen molar-refractivity contribution in [3.63, 3.8) is 0 Å². The highest BCUT2D eigenvalue weighted by molar-refractivity contribution is 5.70. The molecule has 0 aliphatic carbocycles. The summed E-state index contributed by atoms with van der Waals surface area (Å²) in [6, 6.07) is 8.30. The molecule has 0 amide bonds. The van der Waals surface area contributed by atoms with Gasteiger partial charge in [0.1, 0.15) is 13.2 Å². The van der Waals surface area contributed by atoms with Crippen LogP contribution in [0.4, 0.5) is 0 Å². The van der Waals surface area contributed by atoms with Gasteiger partial charge in [0.05, 0.1) is 64.4 Å². The molecule has 6 heteroatoms. The first kappa shape index (κ1) is 28.2. The van der Waals surface area contributed by atoms with Gasteiger partial charge in [-0.1, -0.05) is 18.2 Å². The summed E-state index contributed by atoms with van der Waals surface area (Å²) >= 11 is 0. The van der Waals surface area contributed by atoms with E-state index in [1.807, 2.05) is 47.6 Å². The van der Waals surface area contributed by atoms with Crippen molar-refractivity contribution in [2.45, 2.75) is 53.8 Å². The van der Waals surface area contributed by atoms with Gasteiger partial charge < -0.3 is 28.4 Å². The van der Waals surface area contributed by atoms with E-state index in [2.05, 4.69) is 18.2 Å². The third-order valence-electron chi connectivity index (χ3n) is 4.34. The van der Waals surface area contributed by atoms with E-state index >= 15 is 0 Å². The van der Waals surface area contributed by atoms with Gasteiger partial charge in [0.2, 0.25) is 0 Å². The molecule has 0 unspecified atom stereocenters. The number of allylic oxidation sites excluding steroid dienone is 2. The smallest absolute Gasteiger partial charge is 0.111 e. The topological polar surface area (TPSA) is 55.4 Å². The summed E-state index contributed by atoms with van der Waals surface area (Å²) in [5.41, 5.74) is 4.33. The molecule has 182 valence electrons. The van der Waals surface area contributed by atoms with Crippen molar-refractivity contribution in [2.75, 3.05) is 52.9 Å². The van der Waals surface area contributed by atoms with E-state index in [9.17, 15) is 0 Å². The zero-order valence-electron chi connectivity index (χ0n) is 20.7. The van der Waals surface area contributed by atoms with Gasteiger partial charge in [-0.3, -0.25) is 0 Å². The molecule has 0 spiro atoms. The minimum Gasteiger partial charge on any atom is -0.498 e. The Morgan fingerprint density at radius 2 is 1.06 bits per heavy atom. The van der Waals surface area contributed by atoms with E-state index in [1.165, 1.54) is 0 Å². The first-order valence-corrected chi connectivity index (χ1v) is 11.5. The molecule has 0 atom stereocenters. The van der Waals surface area contributed by atoms with Crippen LogP contribution in [-0.4, -0.2) is 65.1 Å². The van der Waals surface area contributed by atoms with Crippen LogP contribution in [0.5, 0.6) is 0 Å². The third-order valence-corrected chi connectivity index (χ3v) is 4.34. The monoisotopic (exact) mass is 450 g/mol. The molecule has 0 saturated heterocycles. The molecule has 1 aromatic rings. The zero-order valence-corrected chi connectivity index (χ0v) is 20.7. The van der Waals surface area contributed by atoms with E-state index in [4.69, 9.17) is 28.4 Å². The quantitative estimate of drug-likeness (QED) is 0.223. The third kappa shape index (κ3) is 14.2. The van der Waals surface area contributed by atoms with Crippen LogP contribution in [0.25, 0.3) is 11.1 Å². The Balaban J connectivity index is 2.32. The van der Waals surface area contributed by atoms with E-state index < -0.39 is 0 Å². The molecule has 0 bridgehead atoms. The Hall–Kier alpha value is -1.86. The van der Waals surface area contributed by atoms with Gasteiger partial charge in [0.25, 0.3) is 0 Å². The van der Waals surface area contributed by atoms with Crippen LogP contribution < -0.4 is 0 Å². The Labute approximate surface area is 194 Å². The SMILES string of the molecule is CC(=COCCOCCOC(C)C)c1cccc(C(C)=COCCOCCOC(C)C)c1. The van der Waals surface area contributed by atoms with Crippen molar-refractivity contribution in [1.29, 1.82) is 0 Å². The maximum Gasteiger partial charge on any atom is 0.111 e. The number of ether oxygens (including phenoxy) is 6. The molecule has 0 N–H and O–H groups in total. The summed E-state index contributed by atoms with van der Waals surface area (Å²) < 4.78 is 33.1. The van der Waals surface area contributed by atoms with Gasteiger partial charge in [0.15, 0.2) is 0 Å². The summed E-state index contributed by atoms with van der Waals surface area (Å²) in [5.74, 6) is 0. The fraction of sp³-hybridized carbons (Fsp3) is 0.615. The molecule has 0 aliphatic rings. The predicted octanol–water partition coefficient (Wildman–Crippen LogP) is 5.32. The van der Waals surface area contributed by atoms with E-state index in [0.29, 0.717) is 52.9 Å². The average molecular weight is 451 g/mol. The van der Waals surface area contributed by atoms with Crippen molar-refractivity contribution in [2.24, 2.45) is 0 Å². The van der Waals surface area contributed by atoms with Gasteiger partial charge in [-0.2, -0.15) is 0 Å². The largest absolute Gasteiger partial charge is 0.498 e. The molecule has 0 aliphatic heterocycles. The normalized spacial score (nSPS) is 12.6. The lowest BCUT2D eigenvalue weighted by molar-refractivity contribution is 0.00880. The fourth-order valence-corrected chi connectivity index (χ4v) is 2.62. The summed E-state index contributed by atoms with van der Waals surface area (Å²) in [6.07, 6.45) is 4.02. The number of hydrogen-bond acceptors (Lipinski definition) is 6. The first-order valence-electron chi connectivity index (χ1n) is 11.5. The molecular weight excluding hydrogens is 408 g/mol. The lowest BCUT2D eigenvalue weighted by Gasteiger charge is -2.10. The summed E-state index contributed by atoms with van der Waals surface area (Å²) in [6.45, 7) is 16.6. The van der Waals surface area contributed by atoms with Crippen molar-refractivity contribution in [1.82, 2.24) is 0 Å². The van der Waals surface area contributed by atoms with Gasteiger partial charge >= 0.3 is 0 Å². The van der Waals surface area contributed by atoms with Crippen LogP contribution in [0.2, 0.25) is 0 Å². The van der Waals surface area contributed by atoms with Crippen LogP contribution in [0.15, 0.2) is 36.8 Å². The first-order chi connectivity index (χ1) is 15.4.